The summed E-state index contributed by atoms with van der Waals surface area (Å²) in [6.07, 6.45) is 2.64. The Labute approximate surface area is 203 Å². The normalized spacial score (nSPS) is 18.8. The molecule has 12 heteroatoms. The molecule has 2 fully saturated rings. The van der Waals surface area contributed by atoms with Crippen LogP contribution in [0, 0.1) is 17.6 Å². The van der Waals surface area contributed by atoms with Crippen molar-refractivity contribution in [3.63, 3.8) is 0 Å². The first-order valence-electron chi connectivity index (χ1n) is 11.4. The molecule has 0 aliphatic carbocycles. The number of alkyl halides is 1. The fourth-order valence-corrected chi connectivity index (χ4v) is 5.21. The first-order chi connectivity index (χ1) is 16.9. The van der Waals surface area contributed by atoms with E-state index in [2.05, 4.69) is 15.4 Å². The van der Waals surface area contributed by atoms with Crippen molar-refractivity contribution in [1.29, 1.82) is 0 Å². The van der Waals surface area contributed by atoms with Crippen molar-refractivity contribution in [1.82, 2.24) is 14.8 Å². The largest absolute Gasteiger partial charge is 0.389 e. The molecular formula is C23H25F3N6O2S. The predicted octanol–water partition coefficient (Wildman–Crippen LogP) is 4.09. The van der Waals surface area contributed by atoms with Crippen LogP contribution in [0.3, 0.4) is 0 Å². The minimum absolute atomic E-state index is 0.0271. The summed E-state index contributed by atoms with van der Waals surface area (Å²) in [6, 6.07) is 3.48. The highest BCUT2D eigenvalue weighted by Gasteiger charge is 2.29. The van der Waals surface area contributed by atoms with Gasteiger partial charge in [-0.2, -0.15) is 5.10 Å². The molecule has 1 unspecified atom stereocenters. The summed E-state index contributed by atoms with van der Waals surface area (Å²) in [5, 5.41) is 7.23. The number of hydrogen-bond donors (Lipinski definition) is 2. The van der Waals surface area contributed by atoms with Crippen molar-refractivity contribution in [2.24, 2.45) is 5.92 Å². The minimum Gasteiger partial charge on any atom is -0.389 e. The summed E-state index contributed by atoms with van der Waals surface area (Å²) in [4.78, 5) is 19.2. The van der Waals surface area contributed by atoms with Crippen molar-refractivity contribution in [2.45, 2.75) is 32.0 Å². The summed E-state index contributed by atoms with van der Waals surface area (Å²) in [6.45, 7) is 2.65. The Morgan fingerprint density at radius 2 is 2.03 bits per heavy atom. The Bertz CT molecular complexity index is 1210. The van der Waals surface area contributed by atoms with E-state index < -0.39 is 23.7 Å². The van der Waals surface area contributed by atoms with E-state index >= 15 is 0 Å². The molecule has 2 aliphatic rings. The quantitative estimate of drug-likeness (QED) is 0.523. The zero-order chi connectivity index (χ0) is 24.5. The molecule has 0 saturated carbocycles. The highest BCUT2D eigenvalue weighted by Crippen LogP contribution is 2.35. The highest BCUT2D eigenvalue weighted by molar-refractivity contribution is 7.19. The van der Waals surface area contributed by atoms with Gasteiger partial charge in [0, 0.05) is 12.5 Å². The SMILES string of the molecule is Nc1sc(-c2c(F)cccc2F)nc1C(=O)Nc1cnn(CC2COC2)c1N1CCCCC(F)C1. The van der Waals surface area contributed by atoms with Crippen molar-refractivity contribution >= 4 is 33.8 Å². The molecule has 0 spiro atoms. The van der Waals surface area contributed by atoms with Crippen LogP contribution in [0.5, 0.6) is 0 Å². The second kappa shape index (κ2) is 9.86. The van der Waals surface area contributed by atoms with Crippen LogP contribution < -0.4 is 16.0 Å². The fourth-order valence-electron chi connectivity index (χ4n) is 4.34. The molecule has 3 N–H and O–H groups in total. The molecule has 1 amide bonds. The van der Waals surface area contributed by atoms with Crippen LogP contribution in [0.15, 0.2) is 24.4 Å². The topological polar surface area (TPSA) is 98.3 Å². The molecule has 2 aromatic heterocycles. The van der Waals surface area contributed by atoms with Gasteiger partial charge in [0.2, 0.25) is 0 Å². The number of halogens is 3. The van der Waals surface area contributed by atoms with Crippen LogP contribution >= 0.6 is 11.3 Å². The maximum Gasteiger partial charge on any atom is 0.277 e. The second-order valence-electron chi connectivity index (χ2n) is 8.79. The van der Waals surface area contributed by atoms with Gasteiger partial charge >= 0.3 is 0 Å². The van der Waals surface area contributed by atoms with E-state index in [4.69, 9.17) is 10.5 Å². The third kappa shape index (κ3) is 4.85. The fraction of sp³-hybridized carbons (Fsp3) is 0.435. The van der Waals surface area contributed by atoms with E-state index in [1.807, 2.05) is 4.90 Å². The van der Waals surface area contributed by atoms with E-state index in [9.17, 15) is 18.0 Å². The summed E-state index contributed by atoms with van der Waals surface area (Å²) in [5.41, 5.74) is 5.93. The molecule has 2 aliphatic heterocycles. The van der Waals surface area contributed by atoms with Crippen LogP contribution in [-0.2, 0) is 11.3 Å². The number of benzene rings is 1. The molecule has 186 valence electrons. The van der Waals surface area contributed by atoms with Crippen LogP contribution in [0.25, 0.3) is 10.6 Å². The van der Waals surface area contributed by atoms with Crippen LogP contribution in [0.1, 0.15) is 29.8 Å². The second-order valence-corrected chi connectivity index (χ2v) is 9.82. The zero-order valence-electron chi connectivity index (χ0n) is 18.8. The van der Waals surface area contributed by atoms with Gasteiger partial charge in [-0.05, 0) is 31.4 Å². The van der Waals surface area contributed by atoms with Gasteiger partial charge in [-0.25, -0.2) is 22.8 Å². The number of aromatic nitrogens is 3. The average molecular weight is 507 g/mol. The van der Waals surface area contributed by atoms with Gasteiger partial charge < -0.3 is 20.7 Å². The van der Waals surface area contributed by atoms with E-state index in [0.29, 0.717) is 44.2 Å². The zero-order valence-corrected chi connectivity index (χ0v) is 19.7. The Morgan fingerprint density at radius 3 is 2.74 bits per heavy atom. The third-order valence-electron chi connectivity index (χ3n) is 6.16. The molecular weight excluding hydrogens is 481 g/mol. The number of carbonyl (C=O) groups excluding carboxylic acids is 1. The number of hydrogen-bond acceptors (Lipinski definition) is 7. The van der Waals surface area contributed by atoms with E-state index in [1.165, 1.54) is 12.3 Å². The van der Waals surface area contributed by atoms with E-state index in [1.54, 1.807) is 4.68 Å². The number of nitrogens with two attached hydrogens (primary N) is 1. The first-order valence-corrected chi connectivity index (χ1v) is 12.3. The molecule has 3 aromatic rings. The van der Waals surface area contributed by atoms with Gasteiger partial charge in [-0.3, -0.25) is 4.79 Å². The van der Waals surface area contributed by atoms with Gasteiger partial charge in [0.05, 0.1) is 38.1 Å². The van der Waals surface area contributed by atoms with Crippen LogP contribution in [0.2, 0.25) is 0 Å². The lowest BCUT2D eigenvalue weighted by molar-refractivity contribution is -0.0406. The molecule has 8 nitrogen and oxygen atoms in total. The number of anilines is 3. The lowest BCUT2D eigenvalue weighted by atomic mass is 10.1. The first kappa shape index (κ1) is 23.6. The number of rotatable bonds is 6. The summed E-state index contributed by atoms with van der Waals surface area (Å²) < 4.78 is 49.9. The standard InChI is InChI=1S/C23H25F3N6O2S/c24-14-4-1-2-7-31(10-14)23-17(8-28-32(23)9-13-11-34-12-13)29-21(33)19-20(27)35-22(30-19)18-15(25)5-3-6-16(18)26/h3,5-6,8,13-14H,1-2,4,7,9-12,27H2,(H,29,33). The molecule has 4 heterocycles. The number of amides is 1. The number of ether oxygens (including phenoxy) is 1. The number of nitrogen functional groups attached to an aromatic ring is 1. The van der Waals surface area contributed by atoms with E-state index in [-0.39, 0.29) is 33.7 Å². The van der Waals surface area contributed by atoms with E-state index in [0.717, 1.165) is 36.3 Å². The molecule has 5 rings (SSSR count). The molecule has 0 radical (unpaired) electrons. The number of thiazole rings is 1. The maximum absolute atomic E-state index is 14.4. The van der Waals surface area contributed by atoms with Gasteiger partial charge in [0.1, 0.15) is 33.5 Å². The maximum atomic E-state index is 14.4. The van der Waals surface area contributed by atoms with Crippen molar-refractivity contribution in [2.75, 3.05) is 42.3 Å². The summed E-state index contributed by atoms with van der Waals surface area (Å²) in [7, 11) is 0. The number of nitrogens with one attached hydrogen (secondary N) is 1. The van der Waals surface area contributed by atoms with Gasteiger partial charge in [0.25, 0.3) is 5.91 Å². The van der Waals surface area contributed by atoms with Crippen molar-refractivity contribution in [3.05, 3.63) is 41.7 Å². The smallest absolute Gasteiger partial charge is 0.277 e. The van der Waals surface area contributed by atoms with Gasteiger partial charge in [0.15, 0.2) is 11.5 Å². The highest BCUT2D eigenvalue weighted by atomic mass is 32.1. The Kier molecular flexibility index (Phi) is 6.65. The van der Waals surface area contributed by atoms with Crippen LogP contribution in [0.4, 0.5) is 29.7 Å². The lowest BCUT2D eigenvalue weighted by Crippen LogP contribution is -2.35. The Balaban J connectivity index is 1.44. The van der Waals surface area contributed by atoms with Gasteiger partial charge in [-0.15, -0.1) is 0 Å². The molecule has 1 atom stereocenters. The Morgan fingerprint density at radius 1 is 1.26 bits per heavy atom. The summed E-state index contributed by atoms with van der Waals surface area (Å²) >= 11 is 0.825. The molecule has 0 bridgehead atoms. The van der Waals surface area contributed by atoms with Crippen molar-refractivity contribution < 1.29 is 22.7 Å². The molecule has 1 aromatic carbocycles. The average Bonchev–Trinajstić information content (AvgIpc) is 3.28. The lowest BCUT2D eigenvalue weighted by Gasteiger charge is -2.30. The van der Waals surface area contributed by atoms with Crippen molar-refractivity contribution in [3.8, 4) is 10.6 Å². The third-order valence-corrected chi connectivity index (χ3v) is 7.06. The number of carbonyl (C=O) groups is 1. The minimum atomic E-state index is -0.983. The Hall–Kier alpha value is -3.12. The molecule has 35 heavy (non-hydrogen) atoms. The predicted molar refractivity (Wildman–Crippen MR) is 127 cm³/mol. The molecule has 2 saturated heterocycles. The van der Waals surface area contributed by atoms with Crippen LogP contribution in [-0.4, -0.2) is 53.1 Å². The monoisotopic (exact) mass is 506 g/mol. The van der Waals surface area contributed by atoms with Gasteiger partial charge in [-0.1, -0.05) is 17.4 Å². The number of nitrogens with zero attached hydrogens (tertiary/aromatic N) is 4. The summed E-state index contributed by atoms with van der Waals surface area (Å²) in [5.74, 6) is -1.32.